The summed E-state index contributed by atoms with van der Waals surface area (Å²) in [6, 6.07) is -0.453. The van der Waals surface area contributed by atoms with Crippen LogP contribution in [0.15, 0.2) is 0 Å². The first kappa shape index (κ1) is 9.45. The van der Waals surface area contributed by atoms with Crippen LogP contribution in [0.25, 0.3) is 0 Å². The highest BCUT2D eigenvalue weighted by molar-refractivity contribution is 5.87. The summed E-state index contributed by atoms with van der Waals surface area (Å²) in [4.78, 5) is 24.3. The van der Waals surface area contributed by atoms with Crippen molar-refractivity contribution in [2.45, 2.75) is 38.0 Å². The van der Waals surface area contributed by atoms with Crippen molar-refractivity contribution < 1.29 is 14.3 Å². The Bertz CT molecular complexity index is 267. The predicted octanol–water partition coefficient (Wildman–Crippen LogP) is -0.401. The van der Waals surface area contributed by atoms with E-state index in [-0.39, 0.29) is 12.1 Å². The Balaban J connectivity index is 2.18. The van der Waals surface area contributed by atoms with Crippen LogP contribution in [-0.2, 0) is 14.3 Å². The molecule has 0 saturated carbocycles. The summed E-state index contributed by atoms with van der Waals surface area (Å²) in [5.41, 5.74) is 5.23. The Morgan fingerprint density at radius 1 is 1.50 bits per heavy atom. The monoisotopic (exact) mass is 198 g/mol. The molecule has 2 aliphatic heterocycles. The standard InChI is InChI=1S/C9H14N2O3/c10-9(13)6-3-4-8-11(6)7(12)2-1-5-14-8/h6,8H,1-5H2,(H2,10,13). The zero-order valence-electron chi connectivity index (χ0n) is 7.94. The summed E-state index contributed by atoms with van der Waals surface area (Å²) in [5.74, 6) is -0.430. The minimum absolute atomic E-state index is 0.00574. The first-order valence-electron chi connectivity index (χ1n) is 4.92. The normalized spacial score (nSPS) is 32.6. The van der Waals surface area contributed by atoms with Crippen LogP contribution in [0, 0.1) is 0 Å². The van der Waals surface area contributed by atoms with Crippen molar-refractivity contribution in [1.29, 1.82) is 0 Å². The summed E-state index contributed by atoms with van der Waals surface area (Å²) >= 11 is 0. The Hall–Kier alpha value is -1.10. The molecule has 5 heteroatoms. The van der Waals surface area contributed by atoms with Crippen molar-refractivity contribution in [1.82, 2.24) is 4.90 Å². The van der Waals surface area contributed by atoms with E-state index in [1.165, 1.54) is 4.90 Å². The second kappa shape index (κ2) is 3.57. The van der Waals surface area contributed by atoms with E-state index in [2.05, 4.69) is 0 Å². The fourth-order valence-electron chi connectivity index (χ4n) is 2.13. The predicted molar refractivity (Wildman–Crippen MR) is 48.0 cm³/mol. The molecule has 2 amide bonds. The molecule has 0 aromatic heterocycles. The van der Waals surface area contributed by atoms with Crippen LogP contribution in [-0.4, -0.2) is 35.6 Å². The molecule has 2 saturated heterocycles. The van der Waals surface area contributed by atoms with E-state index >= 15 is 0 Å². The van der Waals surface area contributed by atoms with Gasteiger partial charge in [-0.15, -0.1) is 0 Å². The van der Waals surface area contributed by atoms with E-state index in [0.717, 1.165) is 12.8 Å². The van der Waals surface area contributed by atoms with E-state index in [9.17, 15) is 9.59 Å². The third kappa shape index (κ3) is 1.48. The van der Waals surface area contributed by atoms with Crippen molar-refractivity contribution in [3.8, 4) is 0 Å². The first-order valence-corrected chi connectivity index (χ1v) is 4.92. The van der Waals surface area contributed by atoms with Crippen LogP contribution in [0.1, 0.15) is 25.7 Å². The Kier molecular flexibility index (Phi) is 2.41. The van der Waals surface area contributed by atoms with Gasteiger partial charge in [0.25, 0.3) is 0 Å². The van der Waals surface area contributed by atoms with Crippen LogP contribution in [0.4, 0.5) is 0 Å². The summed E-state index contributed by atoms with van der Waals surface area (Å²) in [5, 5.41) is 0. The summed E-state index contributed by atoms with van der Waals surface area (Å²) < 4.78 is 5.48. The van der Waals surface area contributed by atoms with Gasteiger partial charge in [0.15, 0.2) is 0 Å². The van der Waals surface area contributed by atoms with Gasteiger partial charge < -0.3 is 15.4 Å². The van der Waals surface area contributed by atoms with Crippen LogP contribution in [0.3, 0.4) is 0 Å². The van der Waals surface area contributed by atoms with Gasteiger partial charge in [0, 0.05) is 13.0 Å². The third-order valence-corrected chi connectivity index (χ3v) is 2.79. The Morgan fingerprint density at radius 2 is 2.29 bits per heavy atom. The SMILES string of the molecule is NC(=O)C1CCC2OCCCC(=O)N21. The van der Waals surface area contributed by atoms with E-state index in [1.807, 2.05) is 0 Å². The maximum absolute atomic E-state index is 11.6. The van der Waals surface area contributed by atoms with Gasteiger partial charge in [-0.05, 0) is 19.3 Å². The molecule has 2 heterocycles. The minimum Gasteiger partial charge on any atom is -0.368 e. The molecule has 0 aliphatic carbocycles. The minimum atomic E-state index is -0.453. The molecule has 2 N–H and O–H groups in total. The molecule has 2 fully saturated rings. The third-order valence-electron chi connectivity index (χ3n) is 2.79. The largest absolute Gasteiger partial charge is 0.368 e. The lowest BCUT2D eigenvalue weighted by molar-refractivity contribution is -0.145. The number of rotatable bonds is 1. The van der Waals surface area contributed by atoms with Crippen molar-refractivity contribution in [3.05, 3.63) is 0 Å². The van der Waals surface area contributed by atoms with Crippen molar-refractivity contribution >= 4 is 11.8 Å². The van der Waals surface area contributed by atoms with Crippen molar-refractivity contribution in [3.63, 3.8) is 0 Å². The van der Waals surface area contributed by atoms with Crippen LogP contribution >= 0.6 is 0 Å². The summed E-state index contributed by atoms with van der Waals surface area (Å²) in [7, 11) is 0. The average Bonchev–Trinajstić information content (AvgIpc) is 2.48. The molecule has 14 heavy (non-hydrogen) atoms. The maximum Gasteiger partial charge on any atom is 0.240 e. The number of primary amides is 1. The molecule has 5 nitrogen and oxygen atoms in total. The van der Waals surface area contributed by atoms with Crippen LogP contribution in [0.2, 0.25) is 0 Å². The van der Waals surface area contributed by atoms with E-state index in [4.69, 9.17) is 10.5 Å². The molecule has 0 bridgehead atoms. The molecule has 0 spiro atoms. The van der Waals surface area contributed by atoms with E-state index < -0.39 is 11.9 Å². The van der Waals surface area contributed by atoms with Gasteiger partial charge in [-0.2, -0.15) is 0 Å². The highest BCUT2D eigenvalue weighted by Gasteiger charge is 2.41. The van der Waals surface area contributed by atoms with Gasteiger partial charge in [0.05, 0.1) is 0 Å². The quantitative estimate of drug-likeness (QED) is 0.623. The van der Waals surface area contributed by atoms with Crippen LogP contribution < -0.4 is 5.73 Å². The number of hydrogen-bond acceptors (Lipinski definition) is 3. The highest BCUT2D eigenvalue weighted by atomic mass is 16.5. The Morgan fingerprint density at radius 3 is 3.00 bits per heavy atom. The summed E-state index contributed by atoms with van der Waals surface area (Å²) in [6.07, 6.45) is 2.32. The van der Waals surface area contributed by atoms with Gasteiger partial charge in [-0.25, -0.2) is 0 Å². The van der Waals surface area contributed by atoms with Gasteiger partial charge >= 0.3 is 0 Å². The first-order chi connectivity index (χ1) is 6.70. The van der Waals surface area contributed by atoms with E-state index in [1.54, 1.807) is 0 Å². The van der Waals surface area contributed by atoms with Crippen LogP contribution in [0.5, 0.6) is 0 Å². The molecule has 78 valence electrons. The second-order valence-corrected chi connectivity index (χ2v) is 3.73. The molecular formula is C9H14N2O3. The number of carbonyl (C=O) groups excluding carboxylic acids is 2. The molecular weight excluding hydrogens is 184 g/mol. The number of nitrogens with zero attached hydrogens (tertiary/aromatic N) is 1. The molecule has 2 atom stereocenters. The van der Waals surface area contributed by atoms with Crippen molar-refractivity contribution in [2.75, 3.05) is 6.61 Å². The van der Waals surface area contributed by atoms with Gasteiger partial charge in [0.2, 0.25) is 11.8 Å². The number of ether oxygens (including phenoxy) is 1. The number of amides is 2. The lowest BCUT2D eigenvalue weighted by atomic mass is 10.2. The van der Waals surface area contributed by atoms with Gasteiger partial charge in [-0.3, -0.25) is 9.59 Å². The lowest BCUT2D eigenvalue weighted by Crippen LogP contribution is -2.47. The van der Waals surface area contributed by atoms with Gasteiger partial charge in [-0.1, -0.05) is 0 Å². The molecule has 0 aromatic rings. The molecule has 2 unspecified atom stereocenters. The van der Waals surface area contributed by atoms with Gasteiger partial charge in [0.1, 0.15) is 12.3 Å². The van der Waals surface area contributed by atoms with E-state index in [0.29, 0.717) is 19.4 Å². The molecule has 2 rings (SSSR count). The zero-order valence-corrected chi connectivity index (χ0v) is 7.94. The van der Waals surface area contributed by atoms with Crippen molar-refractivity contribution in [2.24, 2.45) is 5.73 Å². The maximum atomic E-state index is 11.6. The highest BCUT2D eigenvalue weighted by Crippen LogP contribution is 2.28. The number of nitrogens with two attached hydrogens (primary N) is 1. The fraction of sp³-hybridized carbons (Fsp3) is 0.778. The Labute approximate surface area is 82.2 Å². The average molecular weight is 198 g/mol. The molecule has 2 aliphatic rings. The lowest BCUT2D eigenvalue weighted by Gasteiger charge is -2.26. The molecule has 0 radical (unpaired) electrons. The second-order valence-electron chi connectivity index (χ2n) is 3.73. The molecule has 0 aromatic carbocycles. The zero-order chi connectivity index (χ0) is 10.1. The number of carbonyl (C=O) groups is 2. The fourth-order valence-corrected chi connectivity index (χ4v) is 2.13. The number of fused-ring (bicyclic) bond motifs is 1. The topological polar surface area (TPSA) is 72.6 Å². The number of hydrogen-bond donors (Lipinski definition) is 1. The smallest absolute Gasteiger partial charge is 0.240 e. The summed E-state index contributed by atoms with van der Waals surface area (Å²) in [6.45, 7) is 0.596.